The third-order valence-electron chi connectivity index (χ3n) is 4.57. The van der Waals surface area contributed by atoms with Crippen LogP contribution < -0.4 is 0 Å². The summed E-state index contributed by atoms with van der Waals surface area (Å²) in [6, 6.07) is 0.788. The van der Waals surface area contributed by atoms with Gasteiger partial charge in [-0.15, -0.1) is 0 Å². The molecular formula is C17H24F2N6O2. The van der Waals surface area contributed by atoms with Gasteiger partial charge in [0.25, 0.3) is 12.3 Å². The maximum atomic E-state index is 13.2. The molecule has 1 saturated heterocycles. The van der Waals surface area contributed by atoms with Gasteiger partial charge in [-0.2, -0.15) is 10.2 Å². The topological polar surface area (TPSA) is 68.4 Å². The molecule has 1 aliphatic rings. The number of nitrogens with zero attached hydrogens (tertiary/aromatic N) is 6. The second-order valence-corrected chi connectivity index (χ2v) is 6.94. The minimum absolute atomic E-state index is 0.129. The summed E-state index contributed by atoms with van der Waals surface area (Å²) in [7, 11) is 7.16. The summed E-state index contributed by atoms with van der Waals surface area (Å²) in [6.45, 7) is 1.34. The minimum Gasteiger partial charge on any atom is -0.373 e. The molecule has 0 unspecified atom stereocenters. The van der Waals surface area contributed by atoms with E-state index in [1.165, 1.54) is 11.7 Å². The normalized spacial score (nSPS) is 20.7. The summed E-state index contributed by atoms with van der Waals surface area (Å²) in [6.07, 6.45) is 0.564. The lowest BCUT2D eigenvalue weighted by molar-refractivity contribution is -0.0687. The maximum Gasteiger partial charge on any atom is 0.282 e. The highest BCUT2D eigenvalue weighted by Gasteiger charge is 2.38. The predicted molar refractivity (Wildman–Crippen MR) is 93.4 cm³/mol. The molecule has 1 fully saturated rings. The predicted octanol–water partition coefficient (Wildman–Crippen LogP) is 1.24. The second-order valence-electron chi connectivity index (χ2n) is 6.94. The van der Waals surface area contributed by atoms with Gasteiger partial charge in [-0.25, -0.2) is 8.78 Å². The lowest BCUT2D eigenvalue weighted by Gasteiger charge is -2.41. The van der Waals surface area contributed by atoms with Crippen LogP contribution in [-0.2, 0) is 18.8 Å². The molecule has 2 aromatic heterocycles. The van der Waals surface area contributed by atoms with E-state index < -0.39 is 12.1 Å². The van der Waals surface area contributed by atoms with Crippen LogP contribution in [-0.4, -0.2) is 75.2 Å². The van der Waals surface area contributed by atoms with Crippen molar-refractivity contribution in [1.29, 1.82) is 0 Å². The van der Waals surface area contributed by atoms with Gasteiger partial charge in [-0.05, 0) is 20.2 Å². The van der Waals surface area contributed by atoms with Crippen LogP contribution in [0.2, 0.25) is 0 Å². The Morgan fingerprint density at radius 3 is 2.70 bits per heavy atom. The molecule has 0 saturated carbocycles. The molecule has 8 nitrogen and oxygen atoms in total. The standard InChI is InChI=1S/C17H24F2N6O2/c1-22(2)10-14-15(11-8-20-23(3)9-11)25(5-6-27-14)17(26)13-7-12(16(18)19)21-24(13)4/h7-9,14-16H,5-6,10H2,1-4H3/t14-,15-/m0/s1. The number of rotatable bonds is 5. The molecule has 10 heteroatoms. The molecular weight excluding hydrogens is 358 g/mol. The van der Waals surface area contributed by atoms with E-state index in [4.69, 9.17) is 4.74 Å². The average Bonchev–Trinajstić information content (AvgIpc) is 3.19. The van der Waals surface area contributed by atoms with Crippen molar-refractivity contribution in [2.75, 3.05) is 33.8 Å². The van der Waals surface area contributed by atoms with Gasteiger partial charge in [-0.1, -0.05) is 0 Å². The second kappa shape index (κ2) is 7.73. The zero-order chi connectivity index (χ0) is 19.7. The molecule has 2 atom stereocenters. The van der Waals surface area contributed by atoms with Crippen molar-refractivity contribution in [3.05, 3.63) is 35.4 Å². The van der Waals surface area contributed by atoms with E-state index in [0.717, 1.165) is 11.6 Å². The molecule has 3 rings (SSSR count). The van der Waals surface area contributed by atoms with Gasteiger partial charge >= 0.3 is 0 Å². The molecule has 2 aromatic rings. The molecule has 0 bridgehead atoms. The Hall–Kier alpha value is -2.33. The lowest BCUT2D eigenvalue weighted by Crippen LogP contribution is -2.51. The summed E-state index contributed by atoms with van der Waals surface area (Å²) in [5.41, 5.74) is 0.565. The average molecular weight is 382 g/mol. The Morgan fingerprint density at radius 2 is 2.15 bits per heavy atom. The van der Waals surface area contributed by atoms with E-state index in [-0.39, 0.29) is 23.7 Å². The zero-order valence-corrected chi connectivity index (χ0v) is 15.8. The molecule has 0 spiro atoms. The van der Waals surface area contributed by atoms with E-state index in [1.807, 2.05) is 25.2 Å². The monoisotopic (exact) mass is 382 g/mol. The number of morpholine rings is 1. The van der Waals surface area contributed by atoms with Gasteiger partial charge < -0.3 is 14.5 Å². The molecule has 1 aliphatic heterocycles. The highest BCUT2D eigenvalue weighted by molar-refractivity contribution is 5.93. The first-order valence-corrected chi connectivity index (χ1v) is 8.66. The highest BCUT2D eigenvalue weighted by Crippen LogP contribution is 2.31. The molecule has 1 amide bonds. The third kappa shape index (κ3) is 4.01. The van der Waals surface area contributed by atoms with Gasteiger partial charge in [0.15, 0.2) is 0 Å². The van der Waals surface area contributed by atoms with Crippen LogP contribution in [0.15, 0.2) is 18.5 Å². The fourth-order valence-electron chi connectivity index (χ4n) is 3.40. The van der Waals surface area contributed by atoms with Crippen LogP contribution in [0.1, 0.15) is 34.2 Å². The van der Waals surface area contributed by atoms with Crippen molar-refractivity contribution in [3.63, 3.8) is 0 Å². The van der Waals surface area contributed by atoms with Crippen LogP contribution in [0, 0.1) is 0 Å². The number of ether oxygens (including phenoxy) is 1. The van der Waals surface area contributed by atoms with Crippen molar-refractivity contribution >= 4 is 5.91 Å². The van der Waals surface area contributed by atoms with Crippen LogP contribution in [0.3, 0.4) is 0 Å². The first-order chi connectivity index (χ1) is 12.8. The van der Waals surface area contributed by atoms with Crippen LogP contribution in [0.25, 0.3) is 0 Å². The summed E-state index contributed by atoms with van der Waals surface area (Å²) >= 11 is 0. The van der Waals surface area contributed by atoms with Crippen molar-refractivity contribution < 1.29 is 18.3 Å². The number of hydrogen-bond acceptors (Lipinski definition) is 5. The van der Waals surface area contributed by atoms with Crippen molar-refractivity contribution in [1.82, 2.24) is 29.4 Å². The first kappa shape index (κ1) is 19.4. The summed E-state index contributed by atoms with van der Waals surface area (Å²) in [5, 5.41) is 7.97. The Kier molecular flexibility index (Phi) is 5.56. The van der Waals surface area contributed by atoms with E-state index >= 15 is 0 Å². The number of carbonyl (C=O) groups is 1. The number of hydrogen-bond donors (Lipinski definition) is 0. The smallest absolute Gasteiger partial charge is 0.282 e. The van der Waals surface area contributed by atoms with Gasteiger partial charge in [-0.3, -0.25) is 14.2 Å². The van der Waals surface area contributed by atoms with E-state index in [0.29, 0.717) is 19.7 Å². The molecule has 0 aromatic carbocycles. The minimum atomic E-state index is -2.72. The summed E-state index contributed by atoms with van der Waals surface area (Å²) in [5.74, 6) is -0.349. The quantitative estimate of drug-likeness (QED) is 0.778. The van der Waals surface area contributed by atoms with Gasteiger partial charge in [0, 0.05) is 38.9 Å². The van der Waals surface area contributed by atoms with Gasteiger partial charge in [0.2, 0.25) is 0 Å². The number of halogens is 2. The first-order valence-electron chi connectivity index (χ1n) is 8.66. The van der Waals surface area contributed by atoms with Crippen molar-refractivity contribution in [3.8, 4) is 0 Å². The molecule has 0 N–H and O–H groups in total. The number of likely N-dealkylation sites (N-methyl/N-ethyl adjacent to an activating group) is 1. The summed E-state index contributed by atoms with van der Waals surface area (Å²) < 4.78 is 34.8. The van der Waals surface area contributed by atoms with Crippen molar-refractivity contribution in [2.45, 2.75) is 18.6 Å². The van der Waals surface area contributed by atoms with E-state index in [1.54, 1.807) is 22.8 Å². The SMILES string of the molecule is CN(C)C[C@@H]1OCCN(C(=O)c2cc(C(F)F)nn2C)[C@H]1c1cnn(C)c1. The zero-order valence-electron chi connectivity index (χ0n) is 15.8. The molecule has 0 radical (unpaired) electrons. The number of alkyl halides is 2. The number of aryl methyl sites for hydroxylation is 2. The molecule has 0 aliphatic carbocycles. The summed E-state index contributed by atoms with van der Waals surface area (Å²) in [4.78, 5) is 16.9. The highest BCUT2D eigenvalue weighted by atomic mass is 19.3. The Bertz CT molecular complexity index is 803. The Labute approximate surface area is 156 Å². The largest absolute Gasteiger partial charge is 0.373 e. The van der Waals surface area contributed by atoms with Crippen LogP contribution in [0.4, 0.5) is 8.78 Å². The van der Waals surface area contributed by atoms with Crippen LogP contribution >= 0.6 is 0 Å². The molecule has 27 heavy (non-hydrogen) atoms. The third-order valence-corrected chi connectivity index (χ3v) is 4.57. The van der Waals surface area contributed by atoms with Gasteiger partial charge in [0.05, 0.1) is 24.9 Å². The maximum absolute atomic E-state index is 13.2. The molecule has 148 valence electrons. The molecule has 3 heterocycles. The Morgan fingerprint density at radius 1 is 1.41 bits per heavy atom. The fraction of sp³-hybridized carbons (Fsp3) is 0.588. The number of aromatic nitrogens is 4. The van der Waals surface area contributed by atoms with Crippen LogP contribution in [0.5, 0.6) is 0 Å². The van der Waals surface area contributed by atoms with Gasteiger partial charge in [0.1, 0.15) is 11.4 Å². The van der Waals surface area contributed by atoms with Crippen molar-refractivity contribution in [2.24, 2.45) is 14.1 Å². The lowest BCUT2D eigenvalue weighted by atomic mass is 10.00. The number of amides is 1. The van der Waals surface area contributed by atoms with E-state index in [2.05, 4.69) is 10.2 Å². The van der Waals surface area contributed by atoms with E-state index in [9.17, 15) is 13.6 Å². The number of carbonyl (C=O) groups excluding carboxylic acids is 1. The fourth-order valence-corrected chi connectivity index (χ4v) is 3.40. The Balaban J connectivity index is 1.96.